The normalized spacial score (nSPS) is 13.0. The Bertz CT molecular complexity index is 340. The smallest absolute Gasteiger partial charge is 0.0409 e. The maximum Gasteiger partial charge on any atom is 0.0409 e. The van der Waals surface area contributed by atoms with Crippen molar-refractivity contribution in [2.45, 2.75) is 40.2 Å². The first-order valence-corrected chi connectivity index (χ1v) is 8.01. The third-order valence-electron chi connectivity index (χ3n) is 3.12. The molecule has 0 radical (unpaired) electrons. The highest BCUT2D eigenvalue weighted by Crippen LogP contribution is 2.21. The molecule has 1 aromatic carbocycles. The Morgan fingerprint density at radius 1 is 1.11 bits per heavy atom. The molecule has 0 aromatic heterocycles. The highest BCUT2D eigenvalue weighted by atomic mass is 32.2. The second kappa shape index (κ2) is 7.85. The lowest BCUT2D eigenvalue weighted by molar-refractivity contribution is 0.628. The average molecular weight is 265 g/mol. The van der Waals surface area contributed by atoms with Gasteiger partial charge in [0.15, 0.2) is 0 Å². The van der Waals surface area contributed by atoms with E-state index in [0.29, 0.717) is 6.04 Å². The number of aryl methyl sites for hydroxylation is 2. The molecule has 0 aliphatic rings. The van der Waals surface area contributed by atoms with Gasteiger partial charge in [-0.05, 0) is 44.6 Å². The second-order valence-electron chi connectivity index (χ2n) is 5.52. The van der Waals surface area contributed by atoms with Gasteiger partial charge in [0, 0.05) is 11.8 Å². The summed E-state index contributed by atoms with van der Waals surface area (Å²) in [6, 6.07) is 7.32. The van der Waals surface area contributed by atoms with Gasteiger partial charge < -0.3 is 5.32 Å². The van der Waals surface area contributed by atoms with E-state index in [1.807, 2.05) is 0 Å². The van der Waals surface area contributed by atoms with Crippen LogP contribution in [0, 0.1) is 19.8 Å². The van der Waals surface area contributed by atoms with E-state index in [9.17, 15) is 0 Å². The summed E-state index contributed by atoms with van der Waals surface area (Å²) >= 11 is 2.06. The van der Waals surface area contributed by atoms with Crippen LogP contribution in [-0.4, -0.2) is 18.6 Å². The van der Waals surface area contributed by atoms with Crippen molar-refractivity contribution in [2.75, 3.05) is 18.6 Å². The van der Waals surface area contributed by atoms with Crippen molar-refractivity contribution in [2.24, 2.45) is 5.92 Å². The van der Waals surface area contributed by atoms with E-state index in [1.54, 1.807) is 0 Å². The maximum atomic E-state index is 3.44. The van der Waals surface area contributed by atoms with Crippen molar-refractivity contribution in [3.8, 4) is 0 Å². The second-order valence-corrected chi connectivity index (χ2v) is 6.67. The molecular weight excluding hydrogens is 238 g/mol. The summed E-state index contributed by atoms with van der Waals surface area (Å²) in [5.41, 5.74) is 4.14. The third kappa shape index (κ3) is 5.45. The summed E-state index contributed by atoms with van der Waals surface area (Å²) in [5, 5.41) is 3.44. The maximum absolute atomic E-state index is 3.44. The molecule has 0 saturated carbocycles. The molecule has 0 aliphatic carbocycles. The number of hydrogen-bond donors (Lipinski definition) is 1. The van der Waals surface area contributed by atoms with Gasteiger partial charge in [0.05, 0.1) is 0 Å². The SMILES string of the molecule is CNC(CSCCC(C)C)c1cc(C)cc(C)c1. The summed E-state index contributed by atoms with van der Waals surface area (Å²) in [4.78, 5) is 0. The number of hydrogen-bond acceptors (Lipinski definition) is 2. The minimum absolute atomic E-state index is 0.473. The Labute approximate surface area is 117 Å². The Balaban J connectivity index is 2.54. The van der Waals surface area contributed by atoms with Crippen LogP contribution in [0.1, 0.15) is 43.0 Å². The van der Waals surface area contributed by atoms with Gasteiger partial charge in [-0.1, -0.05) is 43.2 Å². The monoisotopic (exact) mass is 265 g/mol. The molecule has 1 unspecified atom stereocenters. The van der Waals surface area contributed by atoms with E-state index in [0.717, 1.165) is 11.7 Å². The molecule has 0 amide bonds. The van der Waals surface area contributed by atoms with Crippen LogP contribution in [0.5, 0.6) is 0 Å². The van der Waals surface area contributed by atoms with Crippen LogP contribution in [0.4, 0.5) is 0 Å². The molecule has 0 bridgehead atoms. The van der Waals surface area contributed by atoms with E-state index in [-0.39, 0.29) is 0 Å². The molecule has 1 rings (SSSR count). The molecule has 1 nitrogen and oxygen atoms in total. The van der Waals surface area contributed by atoms with Crippen LogP contribution >= 0.6 is 11.8 Å². The lowest BCUT2D eigenvalue weighted by atomic mass is 10.0. The minimum Gasteiger partial charge on any atom is -0.312 e. The summed E-state index contributed by atoms with van der Waals surface area (Å²) < 4.78 is 0. The van der Waals surface area contributed by atoms with Crippen LogP contribution < -0.4 is 5.32 Å². The van der Waals surface area contributed by atoms with E-state index in [4.69, 9.17) is 0 Å². The molecule has 0 aliphatic heterocycles. The Morgan fingerprint density at radius 3 is 2.22 bits per heavy atom. The first kappa shape index (κ1) is 15.6. The topological polar surface area (TPSA) is 12.0 Å². The van der Waals surface area contributed by atoms with Gasteiger partial charge in [-0.2, -0.15) is 11.8 Å². The van der Waals surface area contributed by atoms with Crippen LogP contribution in [0.2, 0.25) is 0 Å². The fourth-order valence-electron chi connectivity index (χ4n) is 2.08. The average Bonchev–Trinajstić information content (AvgIpc) is 2.27. The van der Waals surface area contributed by atoms with E-state index in [2.05, 4.69) is 70.0 Å². The van der Waals surface area contributed by atoms with Crippen molar-refractivity contribution in [1.82, 2.24) is 5.32 Å². The summed E-state index contributed by atoms with van der Waals surface area (Å²) in [6.45, 7) is 8.93. The summed E-state index contributed by atoms with van der Waals surface area (Å²) in [5.74, 6) is 3.24. The molecule has 0 saturated heterocycles. The predicted octanol–water partition coefficient (Wildman–Crippen LogP) is 4.34. The highest BCUT2D eigenvalue weighted by molar-refractivity contribution is 7.99. The quantitative estimate of drug-likeness (QED) is 0.736. The minimum atomic E-state index is 0.473. The van der Waals surface area contributed by atoms with E-state index in [1.165, 1.54) is 28.9 Å². The molecule has 0 fully saturated rings. The largest absolute Gasteiger partial charge is 0.312 e. The van der Waals surface area contributed by atoms with Crippen molar-refractivity contribution in [1.29, 1.82) is 0 Å². The van der Waals surface area contributed by atoms with Crippen molar-refractivity contribution >= 4 is 11.8 Å². The first-order chi connectivity index (χ1) is 8.52. The van der Waals surface area contributed by atoms with Gasteiger partial charge in [0.1, 0.15) is 0 Å². The van der Waals surface area contributed by atoms with Gasteiger partial charge in [-0.15, -0.1) is 0 Å². The van der Waals surface area contributed by atoms with E-state index < -0.39 is 0 Å². The van der Waals surface area contributed by atoms with Crippen LogP contribution in [0.25, 0.3) is 0 Å². The highest BCUT2D eigenvalue weighted by Gasteiger charge is 2.10. The molecule has 0 heterocycles. The van der Waals surface area contributed by atoms with Crippen molar-refractivity contribution in [3.05, 3.63) is 34.9 Å². The van der Waals surface area contributed by atoms with Crippen molar-refractivity contribution in [3.63, 3.8) is 0 Å². The lowest BCUT2D eigenvalue weighted by Crippen LogP contribution is -2.19. The van der Waals surface area contributed by atoms with Gasteiger partial charge in [0.2, 0.25) is 0 Å². The predicted molar refractivity (Wildman–Crippen MR) is 84.5 cm³/mol. The Hall–Kier alpha value is -0.470. The molecule has 102 valence electrons. The number of benzene rings is 1. The molecule has 1 atom stereocenters. The zero-order valence-electron chi connectivity index (χ0n) is 12.4. The Kier molecular flexibility index (Phi) is 6.80. The van der Waals surface area contributed by atoms with Crippen LogP contribution in [0.15, 0.2) is 18.2 Å². The van der Waals surface area contributed by atoms with Crippen molar-refractivity contribution < 1.29 is 0 Å². The number of thioether (sulfide) groups is 1. The van der Waals surface area contributed by atoms with E-state index >= 15 is 0 Å². The zero-order valence-corrected chi connectivity index (χ0v) is 13.2. The molecule has 1 N–H and O–H groups in total. The molecule has 0 spiro atoms. The van der Waals surface area contributed by atoms with Gasteiger partial charge >= 0.3 is 0 Å². The lowest BCUT2D eigenvalue weighted by Gasteiger charge is -2.18. The molecular formula is C16H27NS. The molecule has 1 aromatic rings. The van der Waals surface area contributed by atoms with Gasteiger partial charge in [-0.25, -0.2) is 0 Å². The fraction of sp³-hybridized carbons (Fsp3) is 0.625. The number of nitrogens with one attached hydrogen (secondary N) is 1. The zero-order chi connectivity index (χ0) is 13.5. The Morgan fingerprint density at radius 2 is 1.72 bits per heavy atom. The molecule has 2 heteroatoms. The molecule has 18 heavy (non-hydrogen) atoms. The summed E-state index contributed by atoms with van der Waals surface area (Å²) in [6.07, 6.45) is 1.31. The van der Waals surface area contributed by atoms with Gasteiger partial charge in [0.25, 0.3) is 0 Å². The standard InChI is InChI=1S/C16H27NS/c1-12(2)6-7-18-11-16(17-5)15-9-13(3)8-14(4)10-15/h8-10,12,16-17H,6-7,11H2,1-5H3. The number of rotatable bonds is 7. The van der Waals surface area contributed by atoms with Crippen LogP contribution in [-0.2, 0) is 0 Å². The van der Waals surface area contributed by atoms with Gasteiger partial charge in [-0.3, -0.25) is 0 Å². The van der Waals surface area contributed by atoms with Crippen LogP contribution in [0.3, 0.4) is 0 Å². The first-order valence-electron chi connectivity index (χ1n) is 6.86. The third-order valence-corrected chi connectivity index (χ3v) is 4.21. The fourth-order valence-corrected chi connectivity index (χ4v) is 3.48. The summed E-state index contributed by atoms with van der Waals surface area (Å²) in [7, 11) is 2.06.